The van der Waals surface area contributed by atoms with Crippen LogP contribution < -0.4 is 0 Å². The minimum absolute atomic E-state index is 0.134. The molecule has 1 nitrogen and oxygen atoms in total. The van der Waals surface area contributed by atoms with Gasteiger partial charge in [-0.3, -0.25) is 4.99 Å². The summed E-state index contributed by atoms with van der Waals surface area (Å²) in [4.78, 5) is 4.80. The average molecular weight is 183 g/mol. The third-order valence-electron chi connectivity index (χ3n) is 2.18. The molecule has 0 saturated heterocycles. The highest BCUT2D eigenvalue weighted by atomic mass is 14.8. The molecule has 0 rings (SSSR count). The van der Waals surface area contributed by atoms with E-state index < -0.39 is 0 Å². The zero-order valence-electron chi connectivity index (χ0n) is 10.1. The highest BCUT2D eigenvalue weighted by Gasteiger charge is 2.17. The minimum Gasteiger partial charge on any atom is -0.288 e. The molecule has 1 heteroatoms. The summed E-state index contributed by atoms with van der Waals surface area (Å²) in [6.45, 7) is 13.4. The van der Waals surface area contributed by atoms with Gasteiger partial charge in [0.15, 0.2) is 0 Å². The van der Waals surface area contributed by atoms with Gasteiger partial charge in [0.2, 0.25) is 0 Å². The molecule has 0 aliphatic heterocycles. The van der Waals surface area contributed by atoms with Crippen LogP contribution in [0.2, 0.25) is 0 Å². The summed E-state index contributed by atoms with van der Waals surface area (Å²) < 4.78 is 0. The fourth-order valence-electron chi connectivity index (χ4n) is 1.88. The number of aliphatic imine (C=N–C) groups is 1. The fraction of sp³-hybridized carbons (Fsp3) is 0.917. The molecule has 0 fully saturated rings. The molecule has 0 amide bonds. The van der Waals surface area contributed by atoms with Crippen molar-refractivity contribution in [3.63, 3.8) is 0 Å². The molecule has 78 valence electrons. The number of hydrogen-bond donors (Lipinski definition) is 0. The van der Waals surface area contributed by atoms with Crippen LogP contribution in [0.15, 0.2) is 4.99 Å². The Morgan fingerprint density at radius 2 is 1.62 bits per heavy atom. The molecule has 0 unspecified atom stereocenters. The lowest BCUT2D eigenvalue weighted by Crippen LogP contribution is -2.21. The Bertz CT molecular complexity index is 160. The van der Waals surface area contributed by atoms with Crippen LogP contribution in [0, 0.1) is 5.92 Å². The van der Waals surface area contributed by atoms with E-state index in [2.05, 4.69) is 41.5 Å². The third-order valence-corrected chi connectivity index (χ3v) is 2.18. The van der Waals surface area contributed by atoms with E-state index in [0.29, 0.717) is 0 Å². The molecule has 0 bridgehead atoms. The SMILES string of the molecule is CCC(CC)=NC(C)(C)CC(C)C. The zero-order chi connectivity index (χ0) is 10.5. The second kappa shape index (κ2) is 5.41. The van der Waals surface area contributed by atoms with Crippen molar-refractivity contribution in [2.45, 2.75) is 66.3 Å². The standard InChI is InChI=1S/C12H25N/c1-7-11(8-2)13-12(5,6)9-10(3)4/h10H,7-9H2,1-6H3. The van der Waals surface area contributed by atoms with Crippen LogP contribution in [-0.2, 0) is 0 Å². The number of nitrogens with zero attached hydrogens (tertiary/aromatic N) is 1. The molecule has 0 radical (unpaired) electrons. The van der Waals surface area contributed by atoms with Crippen molar-refractivity contribution >= 4 is 5.71 Å². The molecule has 0 aliphatic carbocycles. The van der Waals surface area contributed by atoms with Gasteiger partial charge in [0.1, 0.15) is 0 Å². The minimum atomic E-state index is 0.134. The largest absolute Gasteiger partial charge is 0.288 e. The van der Waals surface area contributed by atoms with E-state index in [1.807, 2.05) is 0 Å². The van der Waals surface area contributed by atoms with Gasteiger partial charge in [-0.15, -0.1) is 0 Å². The van der Waals surface area contributed by atoms with Crippen LogP contribution in [0.5, 0.6) is 0 Å². The summed E-state index contributed by atoms with van der Waals surface area (Å²) in [6.07, 6.45) is 3.37. The first-order valence-corrected chi connectivity index (χ1v) is 5.49. The van der Waals surface area contributed by atoms with Gasteiger partial charge in [-0.25, -0.2) is 0 Å². The van der Waals surface area contributed by atoms with Crippen LogP contribution in [0.25, 0.3) is 0 Å². The molecule has 0 aliphatic rings. The van der Waals surface area contributed by atoms with Crippen LogP contribution in [-0.4, -0.2) is 11.3 Å². The van der Waals surface area contributed by atoms with Crippen LogP contribution in [0.3, 0.4) is 0 Å². The molecule has 0 heterocycles. The molecule has 0 saturated carbocycles. The molecule has 0 spiro atoms. The third kappa shape index (κ3) is 5.84. The Labute approximate surface area is 83.6 Å². The maximum absolute atomic E-state index is 4.80. The molecular weight excluding hydrogens is 158 g/mol. The van der Waals surface area contributed by atoms with Gasteiger partial charge in [0.25, 0.3) is 0 Å². The summed E-state index contributed by atoms with van der Waals surface area (Å²) in [5.41, 5.74) is 1.49. The Hall–Kier alpha value is -0.330. The summed E-state index contributed by atoms with van der Waals surface area (Å²) in [7, 11) is 0. The van der Waals surface area contributed by atoms with E-state index in [9.17, 15) is 0 Å². The first-order chi connectivity index (χ1) is 5.91. The zero-order valence-corrected chi connectivity index (χ0v) is 10.1. The van der Waals surface area contributed by atoms with Gasteiger partial charge in [0.05, 0.1) is 5.54 Å². The summed E-state index contributed by atoms with van der Waals surface area (Å²) in [5, 5.41) is 0. The Morgan fingerprint density at radius 3 is 1.92 bits per heavy atom. The van der Waals surface area contributed by atoms with Crippen LogP contribution in [0.1, 0.15) is 60.8 Å². The highest BCUT2D eigenvalue weighted by Crippen LogP contribution is 2.21. The predicted molar refractivity (Wildman–Crippen MR) is 61.6 cm³/mol. The van der Waals surface area contributed by atoms with Crippen molar-refractivity contribution < 1.29 is 0 Å². The lowest BCUT2D eigenvalue weighted by Gasteiger charge is -2.23. The second-order valence-electron chi connectivity index (χ2n) is 4.80. The van der Waals surface area contributed by atoms with Crippen molar-refractivity contribution in [2.24, 2.45) is 10.9 Å². The molecule has 0 aromatic carbocycles. The van der Waals surface area contributed by atoms with E-state index in [-0.39, 0.29) is 5.54 Å². The molecular formula is C12H25N. The van der Waals surface area contributed by atoms with Crippen molar-refractivity contribution in [2.75, 3.05) is 0 Å². The molecule has 0 atom stereocenters. The lowest BCUT2D eigenvalue weighted by atomic mass is 9.93. The summed E-state index contributed by atoms with van der Waals surface area (Å²) >= 11 is 0. The Kier molecular flexibility index (Phi) is 5.27. The summed E-state index contributed by atoms with van der Waals surface area (Å²) in [5.74, 6) is 0.730. The maximum atomic E-state index is 4.80. The number of hydrogen-bond acceptors (Lipinski definition) is 1. The van der Waals surface area contributed by atoms with E-state index >= 15 is 0 Å². The molecule has 0 aromatic rings. The van der Waals surface area contributed by atoms with Crippen molar-refractivity contribution in [3.05, 3.63) is 0 Å². The second-order valence-corrected chi connectivity index (χ2v) is 4.80. The van der Waals surface area contributed by atoms with Crippen molar-refractivity contribution in [1.29, 1.82) is 0 Å². The predicted octanol–water partition coefficient (Wildman–Crippen LogP) is 4.07. The van der Waals surface area contributed by atoms with Gasteiger partial charge in [-0.2, -0.15) is 0 Å². The Balaban J connectivity index is 4.35. The van der Waals surface area contributed by atoms with Gasteiger partial charge in [-0.1, -0.05) is 27.7 Å². The average Bonchev–Trinajstić information content (AvgIpc) is 1.97. The smallest absolute Gasteiger partial charge is 0.0553 e. The molecule has 0 N–H and O–H groups in total. The fourth-order valence-corrected chi connectivity index (χ4v) is 1.88. The van der Waals surface area contributed by atoms with E-state index in [1.165, 1.54) is 12.1 Å². The van der Waals surface area contributed by atoms with Gasteiger partial charge >= 0.3 is 0 Å². The topological polar surface area (TPSA) is 12.4 Å². The lowest BCUT2D eigenvalue weighted by molar-refractivity contribution is 0.402. The van der Waals surface area contributed by atoms with E-state index in [4.69, 9.17) is 4.99 Å². The van der Waals surface area contributed by atoms with Crippen LogP contribution in [0.4, 0.5) is 0 Å². The van der Waals surface area contributed by atoms with Crippen LogP contribution >= 0.6 is 0 Å². The normalized spacial score (nSPS) is 11.9. The number of rotatable bonds is 5. The van der Waals surface area contributed by atoms with Crippen molar-refractivity contribution in [1.82, 2.24) is 0 Å². The van der Waals surface area contributed by atoms with Gasteiger partial charge in [-0.05, 0) is 39.0 Å². The first kappa shape index (κ1) is 12.7. The van der Waals surface area contributed by atoms with E-state index in [0.717, 1.165) is 18.8 Å². The molecule has 13 heavy (non-hydrogen) atoms. The molecule has 0 aromatic heterocycles. The summed E-state index contributed by atoms with van der Waals surface area (Å²) in [6, 6.07) is 0. The Morgan fingerprint density at radius 1 is 1.15 bits per heavy atom. The van der Waals surface area contributed by atoms with Gasteiger partial charge in [0, 0.05) is 5.71 Å². The maximum Gasteiger partial charge on any atom is 0.0553 e. The highest BCUT2D eigenvalue weighted by molar-refractivity contribution is 5.84. The van der Waals surface area contributed by atoms with E-state index in [1.54, 1.807) is 0 Å². The first-order valence-electron chi connectivity index (χ1n) is 5.49. The quantitative estimate of drug-likeness (QED) is 0.570. The monoisotopic (exact) mass is 183 g/mol. The van der Waals surface area contributed by atoms with Crippen molar-refractivity contribution in [3.8, 4) is 0 Å². The van der Waals surface area contributed by atoms with Gasteiger partial charge < -0.3 is 0 Å².